The monoisotopic (exact) mass is 420 g/mol. The van der Waals surface area contributed by atoms with Crippen molar-refractivity contribution in [1.82, 2.24) is 0 Å². The van der Waals surface area contributed by atoms with E-state index < -0.39 is 18.9 Å². The molecule has 0 aromatic carbocycles. The van der Waals surface area contributed by atoms with Crippen molar-refractivity contribution in [3.05, 3.63) is 23.3 Å². The first-order valence-corrected chi connectivity index (χ1v) is 11.2. The summed E-state index contributed by atoms with van der Waals surface area (Å²) in [6.07, 6.45) is 8.83. The van der Waals surface area contributed by atoms with Crippen molar-refractivity contribution < 1.29 is 28.5 Å². The van der Waals surface area contributed by atoms with Crippen molar-refractivity contribution in [2.24, 2.45) is 23.7 Å². The molecule has 3 fully saturated rings. The first kappa shape index (κ1) is 23.0. The topological polar surface area (TPSA) is 71.1 Å². The first-order valence-electron chi connectivity index (χ1n) is 11.2. The summed E-state index contributed by atoms with van der Waals surface area (Å²) in [5.41, 5.74) is 2.73. The van der Waals surface area contributed by atoms with Gasteiger partial charge in [0.05, 0.1) is 0 Å². The Morgan fingerprint density at radius 3 is 2.17 bits per heavy atom. The van der Waals surface area contributed by atoms with Gasteiger partial charge in [-0.1, -0.05) is 23.3 Å². The maximum Gasteiger partial charge on any atom is 0.304 e. The van der Waals surface area contributed by atoms with Gasteiger partial charge in [-0.25, -0.2) is 0 Å². The average molecular weight is 421 g/mol. The molecule has 6 heteroatoms. The van der Waals surface area contributed by atoms with Gasteiger partial charge >= 0.3 is 11.9 Å². The van der Waals surface area contributed by atoms with Crippen LogP contribution in [0.25, 0.3) is 0 Å². The van der Waals surface area contributed by atoms with Crippen molar-refractivity contribution in [3.8, 4) is 0 Å². The van der Waals surface area contributed by atoms with E-state index in [1.807, 2.05) is 0 Å². The molecule has 1 aliphatic carbocycles. The highest BCUT2D eigenvalue weighted by Gasteiger charge is 2.60. The van der Waals surface area contributed by atoms with Gasteiger partial charge in [0.15, 0.2) is 6.29 Å². The summed E-state index contributed by atoms with van der Waals surface area (Å²) >= 11 is 0. The van der Waals surface area contributed by atoms with E-state index >= 15 is 0 Å². The number of allylic oxidation sites excluding steroid dienone is 4. The molecular formula is C24H36O6. The molecule has 0 spiro atoms. The Labute approximate surface area is 180 Å². The molecule has 168 valence electrons. The first-order chi connectivity index (χ1) is 14.3. The lowest BCUT2D eigenvalue weighted by Gasteiger charge is -2.41. The van der Waals surface area contributed by atoms with Crippen LogP contribution >= 0.6 is 0 Å². The largest absolute Gasteiger partial charge is 0.436 e. The van der Waals surface area contributed by atoms with Gasteiger partial charge in [0.1, 0.15) is 0 Å². The van der Waals surface area contributed by atoms with Gasteiger partial charge in [0, 0.05) is 31.6 Å². The van der Waals surface area contributed by atoms with Crippen LogP contribution in [-0.4, -0.2) is 30.8 Å². The third-order valence-electron chi connectivity index (χ3n) is 6.57. The van der Waals surface area contributed by atoms with Crippen LogP contribution in [0.2, 0.25) is 0 Å². The zero-order valence-electron chi connectivity index (χ0n) is 18.9. The molecule has 0 aromatic rings. The summed E-state index contributed by atoms with van der Waals surface area (Å²) in [4.78, 5) is 23.1. The van der Waals surface area contributed by atoms with Crippen LogP contribution < -0.4 is 0 Å². The predicted molar refractivity (Wildman–Crippen MR) is 112 cm³/mol. The predicted octanol–water partition coefficient (Wildman–Crippen LogP) is 4.88. The lowest BCUT2D eigenvalue weighted by Crippen LogP contribution is -2.47. The molecule has 3 aliphatic rings. The van der Waals surface area contributed by atoms with Crippen LogP contribution in [0.3, 0.4) is 0 Å². The number of ether oxygens (including phenoxy) is 4. The minimum Gasteiger partial charge on any atom is -0.436 e. The second kappa shape index (κ2) is 10.1. The highest BCUT2D eigenvalue weighted by Crippen LogP contribution is 2.56. The highest BCUT2D eigenvalue weighted by molar-refractivity contribution is 5.66. The van der Waals surface area contributed by atoms with Crippen molar-refractivity contribution >= 4 is 11.9 Å². The van der Waals surface area contributed by atoms with Gasteiger partial charge in [-0.2, -0.15) is 0 Å². The normalized spacial score (nSPS) is 35.0. The summed E-state index contributed by atoms with van der Waals surface area (Å²) in [6, 6.07) is 0. The second-order valence-corrected chi connectivity index (χ2v) is 9.19. The SMILES string of the molecule is CC(=O)O[C@@H]1O[C@@H]2O[C@@H](OC(C)=O)[C@@H]3CC[C@H]([C@H]1CC/C=C(\C)CCC=C(C)C)[C@H]23. The molecule has 0 amide bonds. The minimum absolute atomic E-state index is 0.127. The van der Waals surface area contributed by atoms with Crippen LogP contribution in [0.4, 0.5) is 0 Å². The Morgan fingerprint density at radius 2 is 1.50 bits per heavy atom. The van der Waals surface area contributed by atoms with Gasteiger partial charge in [-0.3, -0.25) is 9.59 Å². The van der Waals surface area contributed by atoms with Gasteiger partial charge in [0.2, 0.25) is 12.6 Å². The molecular weight excluding hydrogens is 384 g/mol. The van der Waals surface area contributed by atoms with Gasteiger partial charge in [0.25, 0.3) is 0 Å². The van der Waals surface area contributed by atoms with E-state index in [0.717, 1.165) is 38.5 Å². The van der Waals surface area contributed by atoms with Gasteiger partial charge in [-0.15, -0.1) is 0 Å². The highest BCUT2D eigenvalue weighted by atomic mass is 16.8. The van der Waals surface area contributed by atoms with E-state index in [4.69, 9.17) is 18.9 Å². The van der Waals surface area contributed by atoms with E-state index in [9.17, 15) is 9.59 Å². The molecule has 0 N–H and O–H groups in total. The molecule has 0 radical (unpaired) electrons. The summed E-state index contributed by atoms with van der Waals surface area (Å²) < 4.78 is 22.9. The van der Waals surface area contributed by atoms with Crippen molar-refractivity contribution in [1.29, 1.82) is 0 Å². The Morgan fingerprint density at radius 1 is 0.867 bits per heavy atom. The molecule has 0 unspecified atom stereocenters. The summed E-state index contributed by atoms with van der Waals surface area (Å²) in [6.45, 7) is 9.23. The van der Waals surface area contributed by atoms with E-state index in [2.05, 4.69) is 32.9 Å². The third kappa shape index (κ3) is 5.52. The Kier molecular flexibility index (Phi) is 7.75. The number of carbonyl (C=O) groups is 2. The van der Waals surface area contributed by atoms with Crippen LogP contribution in [0.5, 0.6) is 0 Å². The molecule has 7 atom stereocenters. The van der Waals surface area contributed by atoms with E-state index in [0.29, 0.717) is 5.92 Å². The molecule has 0 aromatic heterocycles. The number of esters is 2. The van der Waals surface area contributed by atoms with Crippen molar-refractivity contribution in [2.75, 3.05) is 0 Å². The summed E-state index contributed by atoms with van der Waals surface area (Å²) in [7, 11) is 0. The smallest absolute Gasteiger partial charge is 0.304 e. The third-order valence-corrected chi connectivity index (χ3v) is 6.57. The van der Waals surface area contributed by atoms with Crippen LogP contribution in [-0.2, 0) is 28.5 Å². The van der Waals surface area contributed by atoms with Gasteiger partial charge < -0.3 is 18.9 Å². The Bertz CT molecular complexity index is 692. The molecule has 1 saturated carbocycles. The van der Waals surface area contributed by atoms with Crippen LogP contribution in [0.1, 0.15) is 73.1 Å². The maximum absolute atomic E-state index is 11.7. The second-order valence-electron chi connectivity index (χ2n) is 9.19. The molecule has 2 aliphatic heterocycles. The minimum atomic E-state index is -0.608. The number of hydrogen-bond acceptors (Lipinski definition) is 6. The molecule has 30 heavy (non-hydrogen) atoms. The zero-order valence-corrected chi connectivity index (χ0v) is 18.9. The summed E-state index contributed by atoms with van der Waals surface area (Å²) in [5, 5.41) is 0. The van der Waals surface area contributed by atoms with E-state index in [-0.39, 0.29) is 29.7 Å². The average Bonchev–Trinajstić information content (AvgIpc) is 3.20. The van der Waals surface area contributed by atoms with E-state index in [1.54, 1.807) is 0 Å². The molecule has 0 bridgehead atoms. The van der Waals surface area contributed by atoms with Crippen molar-refractivity contribution in [2.45, 2.75) is 92.0 Å². The molecule has 6 nitrogen and oxygen atoms in total. The fraction of sp³-hybridized carbons (Fsp3) is 0.750. The fourth-order valence-corrected chi connectivity index (χ4v) is 5.31. The Balaban J connectivity index is 1.66. The standard InChI is InChI=1S/C24H36O6/c1-14(2)8-6-9-15(3)10-7-11-19-18-12-13-20-21(18)24(29-22(19)27-16(4)25)30-23(20)28-17(5)26/h8,10,18-24H,6-7,9,11-13H2,1-5H3/b15-10+/t18-,19-,20-,21+,22-,23-,24-/m1/s1. The molecule has 2 saturated heterocycles. The quantitative estimate of drug-likeness (QED) is 0.412. The Hall–Kier alpha value is -1.66. The molecule has 3 rings (SSSR count). The van der Waals surface area contributed by atoms with Crippen LogP contribution in [0.15, 0.2) is 23.3 Å². The lowest BCUT2D eigenvalue weighted by molar-refractivity contribution is -0.306. The van der Waals surface area contributed by atoms with Crippen LogP contribution in [0, 0.1) is 23.7 Å². The fourth-order valence-electron chi connectivity index (χ4n) is 5.31. The molecule has 2 heterocycles. The number of hydrogen-bond donors (Lipinski definition) is 0. The maximum atomic E-state index is 11.7. The summed E-state index contributed by atoms with van der Waals surface area (Å²) in [5.74, 6) is 0.129. The zero-order chi connectivity index (χ0) is 21.8. The van der Waals surface area contributed by atoms with Crippen molar-refractivity contribution in [3.63, 3.8) is 0 Å². The lowest BCUT2D eigenvalue weighted by atomic mass is 9.76. The van der Waals surface area contributed by atoms with Gasteiger partial charge in [-0.05, 0) is 65.2 Å². The number of carbonyl (C=O) groups excluding carboxylic acids is 2. The number of rotatable bonds is 8. The van der Waals surface area contributed by atoms with E-state index in [1.165, 1.54) is 25.0 Å².